The maximum atomic E-state index is 14.6. The summed E-state index contributed by atoms with van der Waals surface area (Å²) in [5, 5.41) is 9.25. The summed E-state index contributed by atoms with van der Waals surface area (Å²) < 4.78 is 25.8. The quantitative estimate of drug-likeness (QED) is 0.711. The van der Waals surface area contributed by atoms with Crippen molar-refractivity contribution in [1.29, 1.82) is 0 Å². The number of amides is 1. The van der Waals surface area contributed by atoms with Crippen molar-refractivity contribution in [1.82, 2.24) is 0 Å². The van der Waals surface area contributed by atoms with Crippen molar-refractivity contribution in [2.45, 2.75) is 45.0 Å². The molecule has 0 radical (unpaired) electrons. The van der Waals surface area contributed by atoms with E-state index in [0.717, 1.165) is 0 Å². The van der Waals surface area contributed by atoms with Gasteiger partial charge in [0.2, 0.25) is 0 Å². The molecule has 6 nitrogen and oxygen atoms in total. The molecule has 8 heteroatoms. The Hall–Kier alpha value is -1.64. The second kappa shape index (κ2) is 8.16. The van der Waals surface area contributed by atoms with Crippen LogP contribution in [0.3, 0.4) is 0 Å². The van der Waals surface area contributed by atoms with E-state index in [4.69, 9.17) is 14.3 Å². The fraction of sp³-hybridized carbons (Fsp3) is 0.632. The third-order valence-corrected chi connectivity index (χ3v) is 9.97. The highest BCUT2D eigenvalue weighted by atomic mass is 28.4. The first-order valence-corrected chi connectivity index (χ1v) is 12.1. The lowest BCUT2D eigenvalue weighted by atomic mass is 10.2. The monoisotopic (exact) mass is 398 g/mol. The molecule has 0 aliphatic carbocycles. The zero-order chi connectivity index (χ0) is 20.4. The average Bonchev–Trinajstić information content (AvgIpc) is 2.94. The highest BCUT2D eigenvalue weighted by molar-refractivity contribution is 6.74. The number of ether oxygens (including phenoxy) is 1. The van der Waals surface area contributed by atoms with Gasteiger partial charge in [-0.15, -0.1) is 0 Å². The van der Waals surface area contributed by atoms with Crippen molar-refractivity contribution in [3.05, 3.63) is 24.0 Å². The van der Waals surface area contributed by atoms with Crippen LogP contribution in [0.1, 0.15) is 20.8 Å². The van der Waals surface area contributed by atoms with Crippen LogP contribution in [0.15, 0.2) is 18.2 Å². The van der Waals surface area contributed by atoms with E-state index < -0.39 is 26.3 Å². The Bertz CT molecular complexity index is 678. The maximum Gasteiger partial charge on any atom is 0.414 e. The van der Waals surface area contributed by atoms with Crippen molar-refractivity contribution in [3.8, 4) is 0 Å². The number of hydrogen-bond donors (Lipinski definition) is 1. The van der Waals surface area contributed by atoms with Crippen LogP contribution in [-0.4, -0.2) is 59.0 Å². The van der Waals surface area contributed by atoms with E-state index in [0.29, 0.717) is 24.5 Å². The molecule has 1 fully saturated rings. The van der Waals surface area contributed by atoms with Crippen molar-refractivity contribution < 1.29 is 23.5 Å². The molecule has 1 atom stereocenters. The number of carbonyl (C=O) groups excluding carboxylic acids is 1. The van der Waals surface area contributed by atoms with Crippen LogP contribution in [0.2, 0.25) is 18.1 Å². The molecule has 27 heavy (non-hydrogen) atoms. The smallest absolute Gasteiger partial charge is 0.414 e. The fourth-order valence-corrected chi connectivity index (χ4v) is 3.61. The standard InChI is InChI=1S/C19H31FN2O4Si/c1-19(2,3)27(5,6)25-10-9-21(4)17-8-7-14(11-16(17)20)22-12-15(13-23)26-18(22)24/h7-8,11,15,23H,9-10,12-13H2,1-6H3/t15-/m1/s1. The fourth-order valence-electron chi connectivity index (χ4n) is 2.58. The lowest BCUT2D eigenvalue weighted by Crippen LogP contribution is -2.42. The van der Waals surface area contributed by atoms with Crippen molar-refractivity contribution in [3.63, 3.8) is 0 Å². The highest BCUT2D eigenvalue weighted by Crippen LogP contribution is 2.36. The van der Waals surface area contributed by atoms with Gasteiger partial charge in [0.05, 0.1) is 31.1 Å². The third kappa shape index (κ3) is 5.00. The molecule has 1 aliphatic heterocycles. The minimum Gasteiger partial charge on any atom is -0.441 e. The molecule has 0 bridgehead atoms. The summed E-state index contributed by atoms with van der Waals surface area (Å²) in [5.74, 6) is -0.414. The number of aliphatic hydroxyl groups excluding tert-OH is 1. The zero-order valence-corrected chi connectivity index (χ0v) is 18.1. The molecule has 1 amide bonds. The number of carbonyl (C=O) groups is 1. The first-order chi connectivity index (χ1) is 12.5. The molecule has 2 rings (SSSR count). The summed E-state index contributed by atoms with van der Waals surface area (Å²) in [5.41, 5.74) is 0.868. The Balaban J connectivity index is 2.00. The average molecular weight is 399 g/mol. The van der Waals surface area contributed by atoms with Crippen molar-refractivity contribution in [2.24, 2.45) is 0 Å². The van der Waals surface area contributed by atoms with Crippen LogP contribution in [0.5, 0.6) is 0 Å². The van der Waals surface area contributed by atoms with E-state index in [1.165, 1.54) is 11.0 Å². The molecule has 1 saturated heterocycles. The van der Waals surface area contributed by atoms with Gasteiger partial charge in [-0.25, -0.2) is 9.18 Å². The summed E-state index contributed by atoms with van der Waals surface area (Å²) in [6.45, 7) is 12.0. The van der Waals surface area contributed by atoms with Gasteiger partial charge in [0.25, 0.3) is 0 Å². The molecule has 1 aromatic rings. The molecule has 1 N–H and O–H groups in total. The number of aliphatic hydroxyl groups is 1. The van der Waals surface area contributed by atoms with E-state index >= 15 is 0 Å². The van der Waals surface area contributed by atoms with E-state index in [-0.39, 0.29) is 18.2 Å². The van der Waals surface area contributed by atoms with Crippen LogP contribution in [0, 0.1) is 5.82 Å². The molecule has 1 aliphatic rings. The van der Waals surface area contributed by atoms with E-state index in [9.17, 15) is 9.18 Å². The van der Waals surface area contributed by atoms with Gasteiger partial charge >= 0.3 is 6.09 Å². The summed E-state index contributed by atoms with van der Waals surface area (Å²) in [6, 6.07) is 4.66. The van der Waals surface area contributed by atoms with Crippen LogP contribution in [0.4, 0.5) is 20.6 Å². The summed E-state index contributed by atoms with van der Waals surface area (Å²) in [7, 11) is -0.0114. The van der Waals surface area contributed by atoms with Gasteiger partial charge < -0.3 is 19.2 Å². The number of nitrogens with zero attached hydrogens (tertiary/aromatic N) is 2. The first-order valence-electron chi connectivity index (χ1n) is 9.20. The molecule has 0 unspecified atom stereocenters. The minimum absolute atomic E-state index is 0.134. The summed E-state index contributed by atoms with van der Waals surface area (Å²) in [6.07, 6.45) is -1.15. The van der Waals surface area contributed by atoms with E-state index in [1.54, 1.807) is 12.1 Å². The topological polar surface area (TPSA) is 62.2 Å². The number of hydrogen-bond acceptors (Lipinski definition) is 5. The predicted molar refractivity (Wildman–Crippen MR) is 108 cm³/mol. The predicted octanol–water partition coefficient (Wildman–Crippen LogP) is 3.60. The van der Waals surface area contributed by atoms with Crippen LogP contribution >= 0.6 is 0 Å². The summed E-state index contributed by atoms with van der Waals surface area (Å²) in [4.78, 5) is 15.0. The van der Waals surface area contributed by atoms with Crippen LogP contribution in [0.25, 0.3) is 0 Å². The Morgan fingerprint density at radius 3 is 2.59 bits per heavy atom. The number of rotatable bonds is 7. The third-order valence-electron chi connectivity index (χ3n) is 5.43. The SMILES string of the molecule is CN(CCO[Si](C)(C)C(C)(C)C)c1ccc(N2C[C@H](CO)OC2=O)cc1F. The minimum atomic E-state index is -1.83. The maximum absolute atomic E-state index is 14.6. The van der Waals surface area contributed by atoms with Crippen molar-refractivity contribution in [2.75, 3.05) is 43.2 Å². The van der Waals surface area contributed by atoms with Gasteiger partial charge in [-0.1, -0.05) is 20.8 Å². The molecule has 0 aromatic heterocycles. The Morgan fingerprint density at radius 1 is 1.41 bits per heavy atom. The molecule has 1 heterocycles. The van der Waals surface area contributed by atoms with Crippen molar-refractivity contribution >= 4 is 25.8 Å². The lowest BCUT2D eigenvalue weighted by Gasteiger charge is -2.36. The molecule has 0 spiro atoms. The largest absolute Gasteiger partial charge is 0.441 e. The highest BCUT2D eigenvalue weighted by Gasteiger charge is 2.37. The Kier molecular flexibility index (Phi) is 6.54. The Morgan fingerprint density at radius 2 is 2.07 bits per heavy atom. The summed E-state index contributed by atoms with van der Waals surface area (Å²) >= 11 is 0. The van der Waals surface area contributed by atoms with Gasteiger partial charge in [-0.2, -0.15) is 0 Å². The van der Waals surface area contributed by atoms with E-state index in [1.807, 2.05) is 11.9 Å². The number of likely N-dealkylation sites (N-methyl/N-ethyl adjacent to an activating group) is 1. The molecular weight excluding hydrogens is 367 g/mol. The number of halogens is 1. The second-order valence-electron chi connectivity index (χ2n) is 8.46. The molecular formula is C19H31FN2O4Si. The first kappa shape index (κ1) is 21.7. The van der Waals surface area contributed by atoms with Gasteiger partial charge in [0.1, 0.15) is 11.9 Å². The van der Waals surface area contributed by atoms with E-state index in [2.05, 4.69) is 33.9 Å². The second-order valence-corrected chi connectivity index (χ2v) is 13.3. The Labute approximate surface area is 162 Å². The molecule has 1 aromatic carbocycles. The zero-order valence-electron chi connectivity index (χ0n) is 17.1. The van der Waals surface area contributed by atoms with Gasteiger partial charge in [-0.3, -0.25) is 4.90 Å². The van der Waals surface area contributed by atoms with Crippen LogP contribution < -0.4 is 9.80 Å². The normalized spacial score (nSPS) is 18.0. The molecule has 0 saturated carbocycles. The lowest BCUT2D eigenvalue weighted by molar-refractivity contribution is 0.0963. The number of cyclic esters (lactones) is 1. The van der Waals surface area contributed by atoms with Gasteiger partial charge in [0.15, 0.2) is 8.32 Å². The van der Waals surface area contributed by atoms with Gasteiger partial charge in [-0.05, 0) is 36.3 Å². The van der Waals surface area contributed by atoms with Crippen LogP contribution in [-0.2, 0) is 9.16 Å². The molecule has 152 valence electrons. The van der Waals surface area contributed by atoms with Gasteiger partial charge in [0, 0.05) is 13.6 Å². The number of anilines is 2. The number of benzene rings is 1.